The Labute approximate surface area is 138 Å². The quantitative estimate of drug-likeness (QED) is 0.672. The Hall–Kier alpha value is -2.89. The maximum Gasteiger partial charge on any atom is 0.344 e. The SMILES string of the molecule is CC(OC(=O)C1CCn2c(C(=O)c3ccccc3)ccc21)C(=O)O. The van der Waals surface area contributed by atoms with Gasteiger partial charge in [-0.15, -0.1) is 0 Å². The number of nitrogens with zero attached hydrogens (tertiary/aromatic N) is 1. The van der Waals surface area contributed by atoms with Crippen LogP contribution in [0.5, 0.6) is 0 Å². The molecule has 0 aliphatic carbocycles. The monoisotopic (exact) mass is 327 g/mol. The molecule has 1 aromatic carbocycles. The number of hydrogen-bond donors (Lipinski definition) is 1. The third-order valence-corrected chi connectivity index (χ3v) is 4.21. The molecule has 2 heterocycles. The van der Waals surface area contributed by atoms with Gasteiger partial charge in [-0.1, -0.05) is 30.3 Å². The van der Waals surface area contributed by atoms with Crippen molar-refractivity contribution in [3.8, 4) is 0 Å². The Morgan fingerprint density at radius 1 is 1.17 bits per heavy atom. The normalized spacial score (nSPS) is 17.1. The highest BCUT2D eigenvalue weighted by molar-refractivity contribution is 6.08. The first kappa shape index (κ1) is 16.0. The summed E-state index contributed by atoms with van der Waals surface area (Å²) in [7, 11) is 0. The minimum atomic E-state index is -1.19. The van der Waals surface area contributed by atoms with Crippen LogP contribution in [0.15, 0.2) is 42.5 Å². The van der Waals surface area contributed by atoms with Gasteiger partial charge in [-0.25, -0.2) is 4.79 Å². The van der Waals surface area contributed by atoms with Crippen molar-refractivity contribution in [3.63, 3.8) is 0 Å². The van der Waals surface area contributed by atoms with Gasteiger partial charge in [0.05, 0.1) is 11.6 Å². The number of carbonyl (C=O) groups is 3. The summed E-state index contributed by atoms with van der Waals surface area (Å²) in [5, 5.41) is 8.84. The summed E-state index contributed by atoms with van der Waals surface area (Å²) in [4.78, 5) is 35.6. The van der Waals surface area contributed by atoms with Crippen molar-refractivity contribution < 1.29 is 24.2 Å². The smallest absolute Gasteiger partial charge is 0.344 e. The van der Waals surface area contributed by atoms with Crippen LogP contribution in [0.4, 0.5) is 0 Å². The van der Waals surface area contributed by atoms with E-state index >= 15 is 0 Å². The second kappa shape index (κ2) is 6.31. The molecule has 0 saturated heterocycles. The van der Waals surface area contributed by atoms with Crippen molar-refractivity contribution in [2.24, 2.45) is 0 Å². The van der Waals surface area contributed by atoms with Crippen LogP contribution in [0.1, 0.15) is 41.0 Å². The molecule has 1 aliphatic rings. The first-order valence-electron chi connectivity index (χ1n) is 7.71. The summed E-state index contributed by atoms with van der Waals surface area (Å²) in [6.45, 7) is 1.84. The molecule has 2 aromatic rings. The number of ketones is 1. The molecule has 0 fully saturated rings. The molecule has 0 saturated carbocycles. The fourth-order valence-electron chi connectivity index (χ4n) is 2.92. The maximum atomic E-state index is 12.6. The zero-order valence-corrected chi connectivity index (χ0v) is 13.1. The lowest BCUT2D eigenvalue weighted by Crippen LogP contribution is -2.26. The molecular weight excluding hydrogens is 310 g/mol. The summed E-state index contributed by atoms with van der Waals surface area (Å²) in [5.74, 6) is -2.39. The lowest BCUT2D eigenvalue weighted by molar-refractivity contribution is -0.163. The van der Waals surface area contributed by atoms with Crippen LogP contribution in [0.2, 0.25) is 0 Å². The van der Waals surface area contributed by atoms with Crippen molar-refractivity contribution in [1.29, 1.82) is 0 Å². The molecule has 2 unspecified atom stereocenters. The van der Waals surface area contributed by atoms with E-state index < -0.39 is 24.0 Å². The van der Waals surface area contributed by atoms with Gasteiger partial charge in [-0.05, 0) is 25.5 Å². The van der Waals surface area contributed by atoms with Crippen LogP contribution in [0.3, 0.4) is 0 Å². The van der Waals surface area contributed by atoms with Crippen LogP contribution in [0, 0.1) is 0 Å². The van der Waals surface area contributed by atoms with Crippen molar-refractivity contribution in [3.05, 3.63) is 59.4 Å². The number of esters is 1. The molecule has 6 nitrogen and oxygen atoms in total. The van der Waals surface area contributed by atoms with Gasteiger partial charge in [-0.2, -0.15) is 0 Å². The molecule has 124 valence electrons. The number of ether oxygens (including phenoxy) is 1. The molecule has 3 rings (SSSR count). The number of carboxylic acid groups (broad SMARTS) is 1. The Bertz CT molecular complexity index is 793. The third-order valence-electron chi connectivity index (χ3n) is 4.21. The van der Waals surface area contributed by atoms with Crippen LogP contribution >= 0.6 is 0 Å². The predicted octanol–water partition coefficient (Wildman–Crippen LogP) is 2.22. The van der Waals surface area contributed by atoms with Crippen molar-refractivity contribution in [2.75, 3.05) is 0 Å². The summed E-state index contributed by atoms with van der Waals surface area (Å²) in [6.07, 6.45) is -0.692. The summed E-state index contributed by atoms with van der Waals surface area (Å²) >= 11 is 0. The first-order valence-corrected chi connectivity index (χ1v) is 7.71. The Morgan fingerprint density at radius 3 is 2.54 bits per heavy atom. The standard InChI is InChI=1S/C18H17NO5/c1-11(17(21)22)24-18(23)13-9-10-19-14(13)7-8-15(19)16(20)12-5-3-2-4-6-12/h2-8,11,13H,9-10H2,1H3,(H,21,22). The number of hydrogen-bond acceptors (Lipinski definition) is 4. The molecule has 1 aliphatic heterocycles. The molecule has 0 radical (unpaired) electrons. The molecule has 0 bridgehead atoms. The van der Waals surface area contributed by atoms with E-state index in [2.05, 4.69) is 0 Å². The van der Waals surface area contributed by atoms with Crippen LogP contribution in [0.25, 0.3) is 0 Å². The van der Waals surface area contributed by atoms with E-state index in [9.17, 15) is 14.4 Å². The second-order valence-corrected chi connectivity index (χ2v) is 5.75. The number of carboxylic acids is 1. The van der Waals surface area contributed by atoms with Gasteiger partial charge in [-0.3, -0.25) is 9.59 Å². The zero-order chi connectivity index (χ0) is 17.3. The van der Waals surface area contributed by atoms with E-state index in [4.69, 9.17) is 9.84 Å². The van der Waals surface area contributed by atoms with E-state index in [1.807, 2.05) is 10.6 Å². The van der Waals surface area contributed by atoms with Gasteiger partial charge in [0.25, 0.3) is 0 Å². The maximum absolute atomic E-state index is 12.6. The number of rotatable bonds is 5. The van der Waals surface area contributed by atoms with Crippen LogP contribution < -0.4 is 0 Å². The Balaban J connectivity index is 1.82. The van der Waals surface area contributed by atoms with Gasteiger partial charge in [0.15, 0.2) is 6.10 Å². The van der Waals surface area contributed by atoms with E-state index in [0.717, 1.165) is 0 Å². The number of carbonyl (C=O) groups excluding carboxylic acids is 2. The summed E-state index contributed by atoms with van der Waals surface area (Å²) in [6, 6.07) is 12.4. The highest BCUT2D eigenvalue weighted by Gasteiger charge is 2.34. The minimum absolute atomic E-state index is 0.102. The molecule has 6 heteroatoms. The number of benzene rings is 1. The van der Waals surface area contributed by atoms with E-state index in [0.29, 0.717) is 29.9 Å². The number of aliphatic carboxylic acids is 1. The predicted molar refractivity (Wildman–Crippen MR) is 84.9 cm³/mol. The lowest BCUT2D eigenvalue weighted by Gasteiger charge is -2.12. The average molecular weight is 327 g/mol. The highest BCUT2D eigenvalue weighted by atomic mass is 16.6. The molecule has 1 N–H and O–H groups in total. The van der Waals surface area contributed by atoms with Crippen molar-refractivity contribution in [2.45, 2.75) is 31.9 Å². The minimum Gasteiger partial charge on any atom is -0.479 e. The summed E-state index contributed by atoms with van der Waals surface area (Å²) < 4.78 is 6.78. The molecule has 2 atom stereocenters. The number of fused-ring (bicyclic) bond motifs is 1. The Kier molecular flexibility index (Phi) is 4.20. The molecule has 0 spiro atoms. The van der Waals surface area contributed by atoms with E-state index in [-0.39, 0.29) is 5.78 Å². The molecule has 24 heavy (non-hydrogen) atoms. The van der Waals surface area contributed by atoms with Crippen LogP contribution in [-0.2, 0) is 20.9 Å². The highest BCUT2D eigenvalue weighted by Crippen LogP contribution is 2.32. The topological polar surface area (TPSA) is 85.6 Å². The number of aromatic nitrogens is 1. The van der Waals surface area contributed by atoms with Crippen molar-refractivity contribution in [1.82, 2.24) is 4.57 Å². The van der Waals surface area contributed by atoms with Gasteiger partial charge >= 0.3 is 11.9 Å². The van der Waals surface area contributed by atoms with Crippen molar-refractivity contribution >= 4 is 17.7 Å². The largest absolute Gasteiger partial charge is 0.479 e. The fraction of sp³-hybridized carbons (Fsp3) is 0.278. The Morgan fingerprint density at radius 2 is 1.88 bits per heavy atom. The zero-order valence-electron chi connectivity index (χ0n) is 13.1. The molecule has 0 amide bonds. The van der Waals surface area contributed by atoms with E-state index in [1.54, 1.807) is 36.4 Å². The third kappa shape index (κ3) is 2.82. The average Bonchev–Trinajstić information content (AvgIpc) is 3.16. The molecule has 1 aromatic heterocycles. The molecular formula is C18H17NO5. The second-order valence-electron chi connectivity index (χ2n) is 5.75. The van der Waals surface area contributed by atoms with Gasteiger partial charge in [0, 0.05) is 17.8 Å². The van der Waals surface area contributed by atoms with Gasteiger partial charge in [0.2, 0.25) is 5.78 Å². The fourth-order valence-corrected chi connectivity index (χ4v) is 2.92. The lowest BCUT2D eigenvalue weighted by atomic mass is 10.1. The van der Waals surface area contributed by atoms with E-state index in [1.165, 1.54) is 6.92 Å². The van der Waals surface area contributed by atoms with Gasteiger partial charge < -0.3 is 14.4 Å². The van der Waals surface area contributed by atoms with Crippen LogP contribution in [-0.4, -0.2) is 33.5 Å². The summed E-state index contributed by atoms with van der Waals surface area (Å²) in [5.41, 5.74) is 1.80. The first-order chi connectivity index (χ1) is 11.5. The van der Waals surface area contributed by atoms with Gasteiger partial charge in [0.1, 0.15) is 0 Å².